The fraction of sp³-hybridized carbons (Fsp3) is 0.167. The van der Waals surface area contributed by atoms with Crippen LogP contribution in [0.4, 0.5) is 15.2 Å². The molecule has 0 unspecified atom stereocenters. The largest absolute Gasteiger partial charge is 0.326 e. The Bertz CT molecular complexity index is 1360. The van der Waals surface area contributed by atoms with Gasteiger partial charge in [-0.2, -0.15) is 0 Å². The summed E-state index contributed by atoms with van der Waals surface area (Å²) in [7, 11) is 0. The van der Waals surface area contributed by atoms with Gasteiger partial charge < -0.3 is 10.6 Å². The molecule has 9 heteroatoms. The van der Waals surface area contributed by atoms with Gasteiger partial charge in [0.05, 0.1) is 22.8 Å². The van der Waals surface area contributed by atoms with Crippen LogP contribution in [-0.4, -0.2) is 21.8 Å². The fourth-order valence-corrected chi connectivity index (χ4v) is 5.43. The van der Waals surface area contributed by atoms with Gasteiger partial charge >= 0.3 is 0 Å². The molecular formula is C24H19FN4O2S2. The number of benzene rings is 2. The van der Waals surface area contributed by atoms with Gasteiger partial charge in [0, 0.05) is 33.5 Å². The number of rotatable bonds is 5. The standard InChI is InChI=1S/C24H19FN4O2S2/c1-13-26-23(14-2-6-17(25)7-3-14)20(33-13)11-22(31)29-24-28-19(12-32-24)16-4-8-18-15(10-16)5-9-21(30)27-18/h2-4,6-8,10,12H,5,9,11H2,1H3,(H,27,30)(H,28,29,31). The number of hydrogen-bond donors (Lipinski definition) is 2. The lowest BCUT2D eigenvalue weighted by molar-refractivity contribution is -0.116. The second-order valence-electron chi connectivity index (χ2n) is 7.69. The molecule has 6 nitrogen and oxygen atoms in total. The van der Waals surface area contributed by atoms with Crippen molar-refractivity contribution in [2.24, 2.45) is 0 Å². The monoisotopic (exact) mass is 478 g/mol. The van der Waals surface area contributed by atoms with Crippen LogP contribution < -0.4 is 10.6 Å². The number of thiazole rings is 2. The molecule has 0 aliphatic carbocycles. The Balaban J connectivity index is 1.30. The van der Waals surface area contributed by atoms with E-state index in [4.69, 9.17) is 0 Å². The molecule has 2 amide bonds. The molecule has 3 heterocycles. The van der Waals surface area contributed by atoms with Crippen molar-refractivity contribution in [1.29, 1.82) is 0 Å². The van der Waals surface area contributed by atoms with Crippen molar-refractivity contribution in [2.75, 3.05) is 10.6 Å². The third-order valence-electron chi connectivity index (χ3n) is 5.29. The van der Waals surface area contributed by atoms with E-state index in [0.717, 1.165) is 38.0 Å². The number of nitrogens with one attached hydrogen (secondary N) is 2. The molecule has 0 spiro atoms. The summed E-state index contributed by atoms with van der Waals surface area (Å²) in [6.07, 6.45) is 1.34. The molecule has 33 heavy (non-hydrogen) atoms. The highest BCUT2D eigenvalue weighted by Gasteiger charge is 2.18. The Labute approximate surface area is 197 Å². The molecule has 166 valence electrons. The number of aromatic nitrogens is 2. The normalized spacial score (nSPS) is 12.8. The van der Waals surface area contributed by atoms with Gasteiger partial charge in [-0.25, -0.2) is 14.4 Å². The van der Waals surface area contributed by atoms with Gasteiger partial charge in [-0.05, 0) is 55.3 Å². The van der Waals surface area contributed by atoms with E-state index in [-0.39, 0.29) is 24.1 Å². The minimum absolute atomic E-state index is 0.0348. The number of carbonyl (C=O) groups excluding carboxylic acids is 2. The van der Waals surface area contributed by atoms with Crippen molar-refractivity contribution < 1.29 is 14.0 Å². The van der Waals surface area contributed by atoms with Crippen molar-refractivity contribution in [2.45, 2.75) is 26.2 Å². The quantitative estimate of drug-likeness (QED) is 0.400. The van der Waals surface area contributed by atoms with E-state index in [1.165, 1.54) is 34.8 Å². The molecule has 2 aromatic heterocycles. The summed E-state index contributed by atoms with van der Waals surface area (Å²) in [4.78, 5) is 34.2. The van der Waals surface area contributed by atoms with Crippen LogP contribution in [-0.2, 0) is 22.4 Å². The second-order valence-corrected chi connectivity index (χ2v) is 9.84. The van der Waals surface area contributed by atoms with E-state index in [0.29, 0.717) is 23.7 Å². The third kappa shape index (κ3) is 4.69. The third-order valence-corrected chi connectivity index (χ3v) is 7.02. The lowest BCUT2D eigenvalue weighted by Crippen LogP contribution is -2.18. The van der Waals surface area contributed by atoms with Crippen LogP contribution in [0.15, 0.2) is 47.8 Å². The van der Waals surface area contributed by atoms with Crippen LogP contribution in [0.1, 0.15) is 21.9 Å². The molecule has 5 rings (SSSR count). The van der Waals surface area contributed by atoms with Gasteiger partial charge in [0.2, 0.25) is 11.8 Å². The molecule has 0 atom stereocenters. The maximum absolute atomic E-state index is 13.3. The highest BCUT2D eigenvalue weighted by Crippen LogP contribution is 2.32. The lowest BCUT2D eigenvalue weighted by atomic mass is 9.99. The predicted octanol–water partition coefficient (Wildman–Crippen LogP) is 5.45. The summed E-state index contributed by atoms with van der Waals surface area (Å²) in [5.74, 6) is -0.461. The zero-order chi connectivity index (χ0) is 22.9. The molecule has 2 aromatic carbocycles. The van der Waals surface area contributed by atoms with Crippen molar-refractivity contribution in [3.8, 4) is 22.5 Å². The van der Waals surface area contributed by atoms with Crippen LogP contribution >= 0.6 is 22.7 Å². The molecule has 0 saturated carbocycles. The Morgan fingerprint density at radius 3 is 2.73 bits per heavy atom. The maximum atomic E-state index is 13.3. The molecule has 1 aliphatic rings. The number of carbonyl (C=O) groups is 2. The molecule has 0 fully saturated rings. The van der Waals surface area contributed by atoms with Crippen LogP contribution in [0.2, 0.25) is 0 Å². The second kappa shape index (κ2) is 8.84. The van der Waals surface area contributed by atoms with Crippen LogP contribution in [0.5, 0.6) is 0 Å². The van der Waals surface area contributed by atoms with Gasteiger partial charge in [0.15, 0.2) is 5.13 Å². The zero-order valence-electron chi connectivity index (χ0n) is 17.6. The van der Waals surface area contributed by atoms with Crippen LogP contribution in [0.25, 0.3) is 22.5 Å². The SMILES string of the molecule is Cc1nc(-c2ccc(F)cc2)c(CC(=O)Nc2nc(-c3ccc4c(c3)CCC(=O)N4)cs2)s1. The predicted molar refractivity (Wildman–Crippen MR) is 129 cm³/mol. The smallest absolute Gasteiger partial charge is 0.231 e. The van der Waals surface area contributed by atoms with E-state index in [1.807, 2.05) is 30.5 Å². The van der Waals surface area contributed by atoms with Crippen molar-refractivity contribution in [3.63, 3.8) is 0 Å². The van der Waals surface area contributed by atoms with E-state index in [9.17, 15) is 14.0 Å². The molecule has 2 N–H and O–H groups in total. The summed E-state index contributed by atoms with van der Waals surface area (Å²) in [5.41, 5.74) is 5.13. The number of fused-ring (bicyclic) bond motifs is 1. The molecular weight excluding hydrogens is 459 g/mol. The van der Waals surface area contributed by atoms with E-state index in [2.05, 4.69) is 20.6 Å². The topological polar surface area (TPSA) is 84.0 Å². The number of anilines is 2. The first-order valence-electron chi connectivity index (χ1n) is 10.4. The van der Waals surface area contributed by atoms with Crippen molar-refractivity contribution >= 4 is 45.3 Å². The van der Waals surface area contributed by atoms with Crippen LogP contribution in [0.3, 0.4) is 0 Å². The number of aryl methyl sites for hydroxylation is 2. The summed E-state index contributed by atoms with van der Waals surface area (Å²) in [6, 6.07) is 12.0. The highest BCUT2D eigenvalue weighted by atomic mass is 32.1. The first-order chi connectivity index (χ1) is 15.9. The van der Waals surface area contributed by atoms with Crippen molar-refractivity contribution in [3.05, 3.63) is 69.1 Å². The van der Waals surface area contributed by atoms with Gasteiger partial charge in [0.1, 0.15) is 5.82 Å². The molecule has 0 bridgehead atoms. The van der Waals surface area contributed by atoms with E-state index < -0.39 is 0 Å². The number of amides is 2. The summed E-state index contributed by atoms with van der Waals surface area (Å²) >= 11 is 2.82. The number of hydrogen-bond acceptors (Lipinski definition) is 6. The van der Waals surface area contributed by atoms with E-state index >= 15 is 0 Å². The summed E-state index contributed by atoms with van der Waals surface area (Å²) in [6.45, 7) is 1.89. The van der Waals surface area contributed by atoms with Gasteiger partial charge in [0.25, 0.3) is 0 Å². The summed E-state index contributed by atoms with van der Waals surface area (Å²) < 4.78 is 13.3. The fourth-order valence-electron chi connectivity index (χ4n) is 3.74. The minimum Gasteiger partial charge on any atom is -0.326 e. The highest BCUT2D eigenvalue weighted by molar-refractivity contribution is 7.14. The number of halogens is 1. The first kappa shape index (κ1) is 21.4. The minimum atomic E-state index is -0.312. The zero-order valence-corrected chi connectivity index (χ0v) is 19.3. The molecule has 0 radical (unpaired) electrons. The first-order valence-corrected chi connectivity index (χ1v) is 12.0. The van der Waals surface area contributed by atoms with E-state index in [1.54, 1.807) is 12.1 Å². The lowest BCUT2D eigenvalue weighted by Gasteiger charge is -2.17. The number of nitrogens with zero attached hydrogens (tertiary/aromatic N) is 2. The molecule has 0 saturated heterocycles. The Morgan fingerprint density at radius 2 is 1.91 bits per heavy atom. The summed E-state index contributed by atoms with van der Waals surface area (Å²) in [5, 5.41) is 9.02. The Kier molecular flexibility index (Phi) is 5.74. The van der Waals surface area contributed by atoms with Crippen LogP contribution in [0, 0.1) is 12.7 Å². The Hall–Kier alpha value is -3.43. The molecule has 4 aromatic rings. The average Bonchev–Trinajstić information content (AvgIpc) is 3.40. The van der Waals surface area contributed by atoms with Gasteiger partial charge in [-0.1, -0.05) is 6.07 Å². The van der Waals surface area contributed by atoms with Gasteiger partial charge in [-0.3, -0.25) is 9.59 Å². The maximum Gasteiger partial charge on any atom is 0.231 e. The average molecular weight is 479 g/mol. The van der Waals surface area contributed by atoms with Gasteiger partial charge in [-0.15, -0.1) is 22.7 Å². The van der Waals surface area contributed by atoms with Crippen molar-refractivity contribution in [1.82, 2.24) is 9.97 Å². The Morgan fingerprint density at radius 1 is 1.12 bits per heavy atom. The molecule has 1 aliphatic heterocycles.